The number of carbonyl (C=O) groups is 1. The quantitative estimate of drug-likeness (QED) is 0.799. The summed E-state index contributed by atoms with van der Waals surface area (Å²) in [6, 6.07) is 6.70. The van der Waals surface area contributed by atoms with Gasteiger partial charge in [0.1, 0.15) is 5.75 Å². The number of nitrogens with one attached hydrogen (secondary N) is 1. The predicted octanol–water partition coefficient (Wildman–Crippen LogP) is 1.26. The van der Waals surface area contributed by atoms with Crippen LogP contribution in [0.5, 0.6) is 5.75 Å². The molecule has 0 unspecified atom stereocenters. The van der Waals surface area contributed by atoms with Crippen LogP contribution in [-0.2, 0) is 7.05 Å². The van der Waals surface area contributed by atoms with Gasteiger partial charge < -0.3 is 15.8 Å². The molecule has 0 bridgehead atoms. The van der Waals surface area contributed by atoms with Crippen molar-refractivity contribution in [2.75, 3.05) is 18.2 Å². The number of hydrogen-bond donors (Lipinski definition) is 2. The summed E-state index contributed by atoms with van der Waals surface area (Å²) in [6.07, 6.45) is 1.70. The van der Waals surface area contributed by atoms with Gasteiger partial charge in [-0.15, -0.1) is 0 Å². The van der Waals surface area contributed by atoms with E-state index < -0.39 is 0 Å². The van der Waals surface area contributed by atoms with Crippen LogP contribution in [-0.4, -0.2) is 22.8 Å². The van der Waals surface area contributed by atoms with E-state index >= 15 is 0 Å². The van der Waals surface area contributed by atoms with Crippen molar-refractivity contribution in [1.82, 2.24) is 9.78 Å². The van der Waals surface area contributed by atoms with Gasteiger partial charge in [-0.3, -0.25) is 9.48 Å². The second-order valence-corrected chi connectivity index (χ2v) is 3.78. The zero-order valence-electron chi connectivity index (χ0n) is 10.2. The molecule has 2 aromatic rings. The largest absolute Gasteiger partial charge is 0.497 e. The molecular weight excluding hydrogens is 232 g/mol. The molecule has 2 rings (SSSR count). The summed E-state index contributed by atoms with van der Waals surface area (Å²) in [7, 11) is 3.30. The number of aryl methyl sites for hydroxylation is 1. The van der Waals surface area contributed by atoms with Crippen molar-refractivity contribution in [3.63, 3.8) is 0 Å². The third kappa shape index (κ3) is 2.42. The first-order valence-electron chi connectivity index (χ1n) is 5.34. The highest BCUT2D eigenvalue weighted by molar-refractivity contribution is 6.04. The Balaban J connectivity index is 2.16. The highest BCUT2D eigenvalue weighted by atomic mass is 16.5. The number of aromatic nitrogens is 2. The van der Waals surface area contributed by atoms with E-state index in [1.165, 1.54) is 0 Å². The van der Waals surface area contributed by atoms with Crippen LogP contribution in [0.15, 0.2) is 30.5 Å². The van der Waals surface area contributed by atoms with Gasteiger partial charge in [0, 0.05) is 19.3 Å². The van der Waals surface area contributed by atoms with Gasteiger partial charge in [0.2, 0.25) is 0 Å². The number of rotatable bonds is 3. The highest BCUT2D eigenvalue weighted by Gasteiger charge is 2.10. The average Bonchev–Trinajstić information content (AvgIpc) is 2.78. The van der Waals surface area contributed by atoms with E-state index in [4.69, 9.17) is 10.5 Å². The molecule has 1 aromatic carbocycles. The van der Waals surface area contributed by atoms with Gasteiger partial charge in [-0.05, 0) is 18.2 Å². The van der Waals surface area contributed by atoms with Crippen LogP contribution >= 0.6 is 0 Å². The Morgan fingerprint density at radius 1 is 1.44 bits per heavy atom. The summed E-state index contributed by atoms with van der Waals surface area (Å²) in [6.45, 7) is 0. The summed E-state index contributed by atoms with van der Waals surface area (Å²) < 4.78 is 6.60. The fourth-order valence-electron chi connectivity index (χ4n) is 1.50. The number of anilines is 2. The second kappa shape index (κ2) is 4.79. The van der Waals surface area contributed by atoms with Crippen molar-refractivity contribution >= 4 is 17.3 Å². The minimum absolute atomic E-state index is 0.299. The molecule has 94 valence electrons. The minimum Gasteiger partial charge on any atom is -0.497 e. The Kier molecular flexibility index (Phi) is 3.18. The average molecular weight is 246 g/mol. The van der Waals surface area contributed by atoms with Crippen LogP contribution < -0.4 is 15.8 Å². The van der Waals surface area contributed by atoms with Crippen molar-refractivity contribution in [2.24, 2.45) is 7.05 Å². The molecule has 0 fully saturated rings. The first-order chi connectivity index (χ1) is 8.60. The van der Waals surface area contributed by atoms with E-state index in [9.17, 15) is 4.79 Å². The first kappa shape index (κ1) is 12.0. The molecule has 0 spiro atoms. The summed E-state index contributed by atoms with van der Waals surface area (Å²) in [5, 5.41) is 6.71. The van der Waals surface area contributed by atoms with Crippen LogP contribution in [0.1, 0.15) is 10.5 Å². The third-order valence-corrected chi connectivity index (χ3v) is 2.45. The summed E-state index contributed by atoms with van der Waals surface area (Å²) in [4.78, 5) is 11.9. The number of carbonyl (C=O) groups excluding carboxylic acids is 1. The Hall–Kier alpha value is -2.50. The van der Waals surface area contributed by atoms with Crippen molar-refractivity contribution < 1.29 is 9.53 Å². The standard InChI is InChI=1S/C12H14N4O2/c1-16-6-5-11(15-16)12(17)14-10-4-3-8(18-2)7-9(10)13/h3-7H,13H2,1-2H3,(H,14,17). The van der Waals surface area contributed by atoms with Gasteiger partial charge in [0.15, 0.2) is 5.69 Å². The number of nitrogens with two attached hydrogens (primary N) is 1. The molecule has 1 amide bonds. The molecule has 0 saturated heterocycles. The van der Waals surface area contributed by atoms with E-state index in [0.29, 0.717) is 22.8 Å². The van der Waals surface area contributed by atoms with E-state index in [1.807, 2.05) is 0 Å². The molecule has 0 aliphatic rings. The zero-order chi connectivity index (χ0) is 13.1. The molecule has 0 radical (unpaired) electrons. The number of benzene rings is 1. The lowest BCUT2D eigenvalue weighted by Gasteiger charge is -2.08. The Bertz CT molecular complexity index is 577. The van der Waals surface area contributed by atoms with E-state index in [-0.39, 0.29) is 5.91 Å². The second-order valence-electron chi connectivity index (χ2n) is 3.78. The van der Waals surface area contributed by atoms with Gasteiger partial charge in [0.25, 0.3) is 5.91 Å². The number of nitrogens with zero attached hydrogens (tertiary/aromatic N) is 2. The molecule has 0 aliphatic carbocycles. The van der Waals surface area contributed by atoms with E-state index in [0.717, 1.165) is 0 Å². The van der Waals surface area contributed by atoms with Crippen LogP contribution in [0, 0.1) is 0 Å². The molecule has 6 heteroatoms. The smallest absolute Gasteiger partial charge is 0.276 e. The van der Waals surface area contributed by atoms with E-state index in [1.54, 1.807) is 49.3 Å². The van der Waals surface area contributed by atoms with Crippen LogP contribution in [0.25, 0.3) is 0 Å². The number of hydrogen-bond acceptors (Lipinski definition) is 4. The Morgan fingerprint density at radius 3 is 2.78 bits per heavy atom. The van der Waals surface area contributed by atoms with Crippen molar-refractivity contribution in [3.05, 3.63) is 36.2 Å². The minimum atomic E-state index is -0.299. The van der Waals surface area contributed by atoms with Crippen LogP contribution in [0.4, 0.5) is 11.4 Å². The fourth-order valence-corrected chi connectivity index (χ4v) is 1.50. The number of nitrogen functional groups attached to an aromatic ring is 1. The zero-order valence-corrected chi connectivity index (χ0v) is 10.2. The molecule has 3 N–H and O–H groups in total. The maximum Gasteiger partial charge on any atom is 0.276 e. The lowest BCUT2D eigenvalue weighted by Crippen LogP contribution is -2.14. The maximum absolute atomic E-state index is 11.9. The number of methoxy groups -OCH3 is 1. The van der Waals surface area contributed by atoms with Gasteiger partial charge in [0.05, 0.1) is 18.5 Å². The predicted molar refractivity (Wildman–Crippen MR) is 68.6 cm³/mol. The molecular formula is C12H14N4O2. The van der Waals surface area contributed by atoms with Crippen LogP contribution in [0.2, 0.25) is 0 Å². The monoisotopic (exact) mass is 246 g/mol. The molecule has 1 heterocycles. The Morgan fingerprint density at radius 2 is 2.22 bits per heavy atom. The van der Waals surface area contributed by atoms with Crippen LogP contribution in [0.3, 0.4) is 0 Å². The summed E-state index contributed by atoms with van der Waals surface area (Å²) in [5.41, 5.74) is 7.13. The molecule has 0 aliphatic heterocycles. The molecule has 1 aromatic heterocycles. The molecule has 0 atom stereocenters. The van der Waals surface area contributed by atoms with Gasteiger partial charge in [-0.25, -0.2) is 0 Å². The number of amides is 1. The lowest BCUT2D eigenvalue weighted by molar-refractivity contribution is 0.102. The topological polar surface area (TPSA) is 82.2 Å². The molecule has 6 nitrogen and oxygen atoms in total. The summed E-state index contributed by atoms with van der Waals surface area (Å²) >= 11 is 0. The number of ether oxygens (including phenoxy) is 1. The van der Waals surface area contributed by atoms with Crippen molar-refractivity contribution in [1.29, 1.82) is 0 Å². The van der Waals surface area contributed by atoms with E-state index in [2.05, 4.69) is 10.4 Å². The molecule has 18 heavy (non-hydrogen) atoms. The SMILES string of the molecule is COc1ccc(NC(=O)c2ccn(C)n2)c(N)c1. The normalized spacial score (nSPS) is 10.1. The highest BCUT2D eigenvalue weighted by Crippen LogP contribution is 2.24. The van der Waals surface area contributed by atoms with Gasteiger partial charge >= 0.3 is 0 Å². The lowest BCUT2D eigenvalue weighted by atomic mass is 10.2. The fraction of sp³-hybridized carbons (Fsp3) is 0.167. The Labute approximate surface area is 104 Å². The molecule has 0 saturated carbocycles. The van der Waals surface area contributed by atoms with Crippen molar-refractivity contribution in [3.8, 4) is 5.75 Å². The maximum atomic E-state index is 11.9. The van der Waals surface area contributed by atoms with Crippen molar-refractivity contribution in [2.45, 2.75) is 0 Å². The summed E-state index contributed by atoms with van der Waals surface area (Å²) in [5.74, 6) is 0.343. The third-order valence-electron chi connectivity index (χ3n) is 2.45. The van der Waals surface area contributed by atoms with Gasteiger partial charge in [-0.1, -0.05) is 0 Å². The van der Waals surface area contributed by atoms with Gasteiger partial charge in [-0.2, -0.15) is 5.10 Å². The first-order valence-corrected chi connectivity index (χ1v) is 5.34.